The van der Waals surface area contributed by atoms with Crippen molar-refractivity contribution < 1.29 is 4.74 Å². The van der Waals surface area contributed by atoms with Gasteiger partial charge in [-0.25, -0.2) is 0 Å². The summed E-state index contributed by atoms with van der Waals surface area (Å²) in [6.07, 6.45) is 3.37. The van der Waals surface area contributed by atoms with Gasteiger partial charge in [0.15, 0.2) is 5.82 Å². The van der Waals surface area contributed by atoms with Crippen molar-refractivity contribution >= 4 is 0 Å². The molecule has 3 rings (SSSR count). The predicted molar refractivity (Wildman–Crippen MR) is 76.6 cm³/mol. The minimum atomic E-state index is 0.248. The van der Waals surface area contributed by atoms with E-state index in [2.05, 4.69) is 41.5 Å². The minimum Gasteiger partial charge on any atom is -0.374 e. The van der Waals surface area contributed by atoms with Crippen LogP contribution in [0, 0.1) is 0 Å². The second-order valence-electron chi connectivity index (χ2n) is 5.33. The molecule has 0 amide bonds. The van der Waals surface area contributed by atoms with Crippen molar-refractivity contribution in [1.82, 2.24) is 20.1 Å². The van der Waals surface area contributed by atoms with Crippen molar-refractivity contribution in [2.45, 2.75) is 45.1 Å². The molecule has 1 aromatic heterocycles. The van der Waals surface area contributed by atoms with E-state index in [1.54, 1.807) is 6.33 Å². The van der Waals surface area contributed by atoms with E-state index < -0.39 is 0 Å². The Balaban J connectivity index is 1.69. The van der Waals surface area contributed by atoms with Crippen molar-refractivity contribution in [3.05, 3.63) is 42.5 Å². The molecule has 20 heavy (non-hydrogen) atoms. The van der Waals surface area contributed by atoms with Crippen LogP contribution in [0.4, 0.5) is 0 Å². The third-order valence-corrected chi connectivity index (χ3v) is 3.77. The van der Waals surface area contributed by atoms with E-state index in [1.807, 2.05) is 22.8 Å². The summed E-state index contributed by atoms with van der Waals surface area (Å²) in [4.78, 5) is 0. The van der Waals surface area contributed by atoms with Crippen molar-refractivity contribution in [1.29, 1.82) is 0 Å². The molecule has 0 aliphatic carbocycles. The fourth-order valence-corrected chi connectivity index (χ4v) is 2.72. The maximum Gasteiger partial charge on any atom is 0.151 e. The molecule has 1 saturated heterocycles. The van der Waals surface area contributed by atoms with Gasteiger partial charge < -0.3 is 10.1 Å². The predicted octanol–water partition coefficient (Wildman–Crippen LogP) is 1.92. The van der Waals surface area contributed by atoms with Gasteiger partial charge in [0, 0.05) is 11.7 Å². The molecule has 2 aromatic rings. The van der Waals surface area contributed by atoms with Crippen LogP contribution in [0.2, 0.25) is 0 Å². The molecule has 1 aliphatic heterocycles. The van der Waals surface area contributed by atoms with Gasteiger partial charge in [-0.1, -0.05) is 18.2 Å². The normalized spacial score (nSPS) is 26.0. The lowest BCUT2D eigenvalue weighted by molar-refractivity contribution is 0.0604. The van der Waals surface area contributed by atoms with E-state index in [4.69, 9.17) is 4.74 Å². The summed E-state index contributed by atoms with van der Waals surface area (Å²) in [6, 6.07) is 10.5. The third kappa shape index (κ3) is 2.73. The first-order valence-electron chi connectivity index (χ1n) is 7.07. The summed E-state index contributed by atoms with van der Waals surface area (Å²) in [5.74, 6) is 0.919. The topological polar surface area (TPSA) is 52.0 Å². The number of rotatable bonds is 4. The summed E-state index contributed by atoms with van der Waals surface area (Å²) < 4.78 is 7.76. The van der Waals surface area contributed by atoms with Gasteiger partial charge in [0.2, 0.25) is 0 Å². The van der Waals surface area contributed by atoms with E-state index >= 15 is 0 Å². The van der Waals surface area contributed by atoms with Gasteiger partial charge in [-0.05, 0) is 32.4 Å². The largest absolute Gasteiger partial charge is 0.374 e. The zero-order chi connectivity index (χ0) is 13.9. The molecular weight excluding hydrogens is 252 g/mol. The molecule has 2 heterocycles. The Hall–Kier alpha value is -1.72. The number of benzene rings is 1. The van der Waals surface area contributed by atoms with Crippen LogP contribution in [0.1, 0.15) is 26.1 Å². The molecule has 1 N–H and O–H groups in total. The number of aromatic nitrogens is 3. The van der Waals surface area contributed by atoms with E-state index in [0.717, 1.165) is 17.9 Å². The molecule has 1 aromatic carbocycles. The van der Waals surface area contributed by atoms with Crippen LogP contribution < -0.4 is 5.32 Å². The Bertz CT molecular complexity index is 554. The zero-order valence-corrected chi connectivity index (χ0v) is 11.9. The van der Waals surface area contributed by atoms with Crippen molar-refractivity contribution in [3.8, 4) is 5.69 Å². The monoisotopic (exact) mass is 272 g/mol. The van der Waals surface area contributed by atoms with E-state index in [0.29, 0.717) is 18.7 Å². The Kier molecular flexibility index (Phi) is 3.80. The summed E-state index contributed by atoms with van der Waals surface area (Å²) in [5, 5.41) is 11.8. The van der Waals surface area contributed by atoms with Crippen LogP contribution in [-0.2, 0) is 11.3 Å². The average molecular weight is 272 g/mol. The van der Waals surface area contributed by atoms with E-state index in [9.17, 15) is 0 Å². The average Bonchev–Trinajstić information content (AvgIpc) is 3.04. The SMILES string of the molecule is CC1CC(NCc2nncn2-c2ccccc2)C(C)O1. The molecule has 1 aliphatic rings. The fourth-order valence-electron chi connectivity index (χ4n) is 2.72. The van der Waals surface area contributed by atoms with Crippen LogP contribution >= 0.6 is 0 Å². The Morgan fingerprint density at radius 3 is 2.80 bits per heavy atom. The van der Waals surface area contributed by atoms with Gasteiger partial charge in [0.05, 0.1) is 18.8 Å². The number of nitrogens with one attached hydrogen (secondary N) is 1. The summed E-state index contributed by atoms with van der Waals surface area (Å²) >= 11 is 0. The van der Waals surface area contributed by atoms with Crippen LogP contribution in [0.5, 0.6) is 0 Å². The highest BCUT2D eigenvalue weighted by Gasteiger charge is 2.29. The molecular formula is C15H20N4O. The summed E-state index contributed by atoms with van der Waals surface area (Å²) in [6.45, 7) is 4.92. The molecule has 1 fully saturated rings. The fraction of sp³-hybridized carbons (Fsp3) is 0.467. The quantitative estimate of drug-likeness (QED) is 0.924. The number of nitrogens with zero attached hydrogens (tertiary/aromatic N) is 3. The lowest BCUT2D eigenvalue weighted by atomic mass is 10.1. The second-order valence-corrected chi connectivity index (χ2v) is 5.33. The molecule has 0 bridgehead atoms. The van der Waals surface area contributed by atoms with Gasteiger partial charge in [0.1, 0.15) is 6.33 Å². The van der Waals surface area contributed by atoms with Crippen LogP contribution in [0.25, 0.3) is 5.69 Å². The van der Waals surface area contributed by atoms with Gasteiger partial charge in [-0.3, -0.25) is 4.57 Å². The lowest BCUT2D eigenvalue weighted by Crippen LogP contribution is -2.34. The second kappa shape index (κ2) is 5.73. The third-order valence-electron chi connectivity index (χ3n) is 3.77. The highest BCUT2D eigenvalue weighted by Crippen LogP contribution is 2.20. The van der Waals surface area contributed by atoms with Crippen molar-refractivity contribution in [3.63, 3.8) is 0 Å². The van der Waals surface area contributed by atoms with Crippen LogP contribution in [0.3, 0.4) is 0 Å². The molecule has 3 atom stereocenters. The molecule has 5 heteroatoms. The van der Waals surface area contributed by atoms with Gasteiger partial charge in [-0.2, -0.15) is 0 Å². The zero-order valence-electron chi connectivity index (χ0n) is 11.9. The molecule has 5 nitrogen and oxygen atoms in total. The van der Waals surface area contributed by atoms with Crippen molar-refractivity contribution in [2.75, 3.05) is 0 Å². The van der Waals surface area contributed by atoms with Gasteiger partial charge >= 0.3 is 0 Å². The van der Waals surface area contributed by atoms with Crippen LogP contribution in [-0.4, -0.2) is 33.0 Å². The van der Waals surface area contributed by atoms with E-state index in [-0.39, 0.29) is 6.10 Å². The molecule has 3 unspecified atom stereocenters. The smallest absolute Gasteiger partial charge is 0.151 e. The van der Waals surface area contributed by atoms with Gasteiger partial charge in [-0.15, -0.1) is 10.2 Å². The molecule has 0 saturated carbocycles. The molecule has 0 spiro atoms. The highest BCUT2D eigenvalue weighted by molar-refractivity contribution is 5.31. The van der Waals surface area contributed by atoms with E-state index in [1.165, 1.54) is 0 Å². The van der Waals surface area contributed by atoms with Crippen molar-refractivity contribution in [2.24, 2.45) is 0 Å². The Labute approximate surface area is 119 Å². The first kappa shape index (κ1) is 13.3. The van der Waals surface area contributed by atoms with Crippen LogP contribution in [0.15, 0.2) is 36.7 Å². The Morgan fingerprint density at radius 2 is 2.10 bits per heavy atom. The number of hydrogen-bond acceptors (Lipinski definition) is 4. The first-order chi connectivity index (χ1) is 9.74. The summed E-state index contributed by atoms with van der Waals surface area (Å²) in [5.41, 5.74) is 1.08. The number of ether oxygens (including phenoxy) is 1. The number of hydrogen-bond donors (Lipinski definition) is 1. The molecule has 0 radical (unpaired) electrons. The molecule has 106 valence electrons. The first-order valence-corrected chi connectivity index (χ1v) is 7.07. The summed E-state index contributed by atoms with van der Waals surface area (Å²) in [7, 11) is 0. The maximum absolute atomic E-state index is 5.75. The standard InChI is InChI=1S/C15H20N4O/c1-11-8-14(12(2)20-11)16-9-15-18-17-10-19(15)13-6-4-3-5-7-13/h3-7,10-12,14,16H,8-9H2,1-2H3. The lowest BCUT2D eigenvalue weighted by Gasteiger charge is -2.15. The Morgan fingerprint density at radius 1 is 1.30 bits per heavy atom. The minimum absolute atomic E-state index is 0.248. The number of para-hydroxylation sites is 1. The van der Waals surface area contributed by atoms with Gasteiger partial charge in [0.25, 0.3) is 0 Å². The highest BCUT2D eigenvalue weighted by atomic mass is 16.5. The maximum atomic E-state index is 5.75.